The van der Waals surface area contributed by atoms with E-state index in [9.17, 15) is 9.59 Å². The molecule has 1 fully saturated rings. The number of rotatable bonds is 7. The average molecular weight is 419 g/mol. The molecule has 0 radical (unpaired) electrons. The maximum atomic E-state index is 12.8. The van der Waals surface area contributed by atoms with Crippen LogP contribution in [0.5, 0.6) is 5.75 Å². The van der Waals surface area contributed by atoms with Crippen LogP contribution in [0.4, 0.5) is 0 Å². The number of para-hydroxylation sites is 1. The van der Waals surface area contributed by atoms with Crippen LogP contribution in [0.2, 0.25) is 5.02 Å². The molecule has 0 saturated carbocycles. The summed E-state index contributed by atoms with van der Waals surface area (Å²) in [5.41, 5.74) is 0.0852. The molecule has 1 saturated heterocycles. The summed E-state index contributed by atoms with van der Waals surface area (Å²) in [6.07, 6.45) is 0. The van der Waals surface area contributed by atoms with Crippen molar-refractivity contribution in [2.75, 3.05) is 46.9 Å². The second kappa shape index (κ2) is 9.91. The first-order valence-corrected chi connectivity index (χ1v) is 10.1. The van der Waals surface area contributed by atoms with Crippen LogP contribution in [-0.2, 0) is 6.54 Å². The van der Waals surface area contributed by atoms with Gasteiger partial charge in [0.25, 0.3) is 11.5 Å². The SMILES string of the molecule is CN1CCN(C)[C@H](CNC(=O)c2cccc(=O)n2CCOc2ccccc2Cl)C1. The van der Waals surface area contributed by atoms with E-state index in [1.54, 1.807) is 24.3 Å². The fourth-order valence-electron chi connectivity index (χ4n) is 3.38. The van der Waals surface area contributed by atoms with E-state index in [-0.39, 0.29) is 30.7 Å². The van der Waals surface area contributed by atoms with E-state index in [0.29, 0.717) is 23.0 Å². The number of halogens is 1. The van der Waals surface area contributed by atoms with E-state index in [4.69, 9.17) is 16.3 Å². The number of carbonyl (C=O) groups is 1. The lowest BCUT2D eigenvalue weighted by molar-refractivity contribution is 0.0871. The molecule has 3 rings (SSSR count). The summed E-state index contributed by atoms with van der Waals surface area (Å²) in [6.45, 7) is 3.88. The minimum absolute atomic E-state index is 0.226. The molecule has 1 N–H and O–H groups in total. The summed E-state index contributed by atoms with van der Waals surface area (Å²) < 4.78 is 7.11. The molecule has 29 heavy (non-hydrogen) atoms. The molecule has 7 nitrogen and oxygen atoms in total. The van der Waals surface area contributed by atoms with E-state index >= 15 is 0 Å². The fraction of sp³-hybridized carbons (Fsp3) is 0.429. The van der Waals surface area contributed by atoms with Crippen molar-refractivity contribution in [1.29, 1.82) is 0 Å². The largest absolute Gasteiger partial charge is 0.490 e. The van der Waals surface area contributed by atoms with Crippen LogP contribution >= 0.6 is 11.6 Å². The third-order valence-corrected chi connectivity index (χ3v) is 5.48. The minimum atomic E-state index is -0.262. The number of amides is 1. The Labute approximate surface area is 175 Å². The maximum absolute atomic E-state index is 12.8. The molecule has 156 valence electrons. The van der Waals surface area contributed by atoms with Crippen LogP contribution in [-0.4, -0.2) is 73.2 Å². The summed E-state index contributed by atoms with van der Waals surface area (Å²) in [4.78, 5) is 29.6. The van der Waals surface area contributed by atoms with Gasteiger partial charge >= 0.3 is 0 Å². The van der Waals surface area contributed by atoms with Crippen LogP contribution in [0, 0.1) is 0 Å². The first kappa shape index (κ1) is 21.4. The number of nitrogens with one attached hydrogen (secondary N) is 1. The van der Waals surface area contributed by atoms with Gasteiger partial charge < -0.3 is 19.5 Å². The Kier molecular flexibility index (Phi) is 7.30. The highest BCUT2D eigenvalue weighted by Gasteiger charge is 2.23. The molecule has 0 spiro atoms. The van der Waals surface area contributed by atoms with Crippen LogP contribution in [0.15, 0.2) is 47.3 Å². The van der Waals surface area contributed by atoms with Crippen molar-refractivity contribution < 1.29 is 9.53 Å². The summed E-state index contributed by atoms with van der Waals surface area (Å²) in [5, 5.41) is 3.48. The maximum Gasteiger partial charge on any atom is 0.268 e. The number of pyridine rings is 1. The van der Waals surface area contributed by atoms with Gasteiger partial charge in [-0.25, -0.2) is 0 Å². The van der Waals surface area contributed by atoms with Crippen LogP contribution in [0.1, 0.15) is 10.5 Å². The van der Waals surface area contributed by atoms with Gasteiger partial charge in [-0.2, -0.15) is 0 Å². The number of ether oxygens (including phenoxy) is 1. The highest BCUT2D eigenvalue weighted by Crippen LogP contribution is 2.22. The zero-order chi connectivity index (χ0) is 20.8. The molecule has 8 heteroatoms. The third-order valence-electron chi connectivity index (χ3n) is 5.17. The Balaban J connectivity index is 1.63. The lowest BCUT2D eigenvalue weighted by Gasteiger charge is -2.37. The van der Waals surface area contributed by atoms with Crippen molar-refractivity contribution in [2.45, 2.75) is 12.6 Å². The molecule has 2 heterocycles. The third kappa shape index (κ3) is 5.59. The molecular formula is C21H27ClN4O3. The smallest absolute Gasteiger partial charge is 0.268 e. The van der Waals surface area contributed by atoms with Crippen LogP contribution in [0.3, 0.4) is 0 Å². The van der Waals surface area contributed by atoms with Crippen molar-refractivity contribution >= 4 is 17.5 Å². The Morgan fingerprint density at radius 2 is 1.97 bits per heavy atom. The number of likely N-dealkylation sites (N-methyl/N-ethyl adjacent to an activating group) is 2. The average Bonchev–Trinajstić information content (AvgIpc) is 2.71. The monoisotopic (exact) mass is 418 g/mol. The molecule has 1 atom stereocenters. The van der Waals surface area contributed by atoms with Crippen molar-refractivity contribution in [3.05, 3.63) is 63.5 Å². The number of benzene rings is 1. The molecule has 1 aliphatic heterocycles. The zero-order valence-corrected chi connectivity index (χ0v) is 17.6. The Bertz CT molecular complexity index is 901. The predicted octanol–water partition coefficient (Wildman–Crippen LogP) is 1.56. The first-order valence-electron chi connectivity index (χ1n) is 9.70. The van der Waals surface area contributed by atoms with Gasteiger partial charge in [0.15, 0.2) is 0 Å². The lowest BCUT2D eigenvalue weighted by atomic mass is 10.2. The second-order valence-electron chi connectivity index (χ2n) is 7.29. The van der Waals surface area contributed by atoms with Gasteiger partial charge in [-0.3, -0.25) is 14.5 Å². The molecule has 0 bridgehead atoms. The standard InChI is InChI=1S/C21H27ClN4O3/c1-24-10-11-25(2)16(15-24)14-23-21(28)18-7-5-9-20(27)26(18)12-13-29-19-8-4-3-6-17(19)22/h3-9,16H,10-15H2,1-2H3,(H,23,28)/t16-/m1/s1. The topological polar surface area (TPSA) is 66.8 Å². The fourth-order valence-corrected chi connectivity index (χ4v) is 3.57. The highest BCUT2D eigenvalue weighted by molar-refractivity contribution is 6.32. The number of aromatic nitrogens is 1. The number of hydrogen-bond acceptors (Lipinski definition) is 5. The summed E-state index contributed by atoms with van der Waals surface area (Å²) in [6, 6.07) is 12.1. The highest BCUT2D eigenvalue weighted by atomic mass is 35.5. The Hall–Kier alpha value is -2.35. The van der Waals surface area contributed by atoms with E-state index in [1.165, 1.54) is 10.6 Å². The minimum Gasteiger partial charge on any atom is -0.490 e. The molecular weight excluding hydrogens is 392 g/mol. The van der Waals surface area contributed by atoms with Gasteiger partial charge in [0, 0.05) is 38.3 Å². The number of piperazine rings is 1. The van der Waals surface area contributed by atoms with Crippen LogP contribution < -0.4 is 15.6 Å². The normalized spacial score (nSPS) is 17.8. The van der Waals surface area contributed by atoms with E-state index in [1.807, 2.05) is 12.1 Å². The van der Waals surface area contributed by atoms with Crippen molar-refractivity contribution in [3.8, 4) is 5.75 Å². The number of hydrogen-bond donors (Lipinski definition) is 1. The molecule has 1 amide bonds. The Morgan fingerprint density at radius 3 is 2.76 bits per heavy atom. The quantitative estimate of drug-likeness (QED) is 0.739. The lowest BCUT2D eigenvalue weighted by Crippen LogP contribution is -2.54. The van der Waals surface area contributed by atoms with Crippen LogP contribution in [0.25, 0.3) is 0 Å². The molecule has 1 aliphatic rings. The van der Waals surface area contributed by atoms with Gasteiger partial charge in [0.1, 0.15) is 18.1 Å². The predicted molar refractivity (Wildman–Crippen MR) is 114 cm³/mol. The van der Waals surface area contributed by atoms with Crippen molar-refractivity contribution in [2.24, 2.45) is 0 Å². The van der Waals surface area contributed by atoms with E-state index < -0.39 is 0 Å². The van der Waals surface area contributed by atoms with Gasteiger partial charge in [0.2, 0.25) is 0 Å². The van der Waals surface area contributed by atoms with Gasteiger partial charge in [-0.05, 0) is 32.3 Å². The summed E-state index contributed by atoms with van der Waals surface area (Å²) >= 11 is 6.09. The molecule has 1 aromatic carbocycles. The Morgan fingerprint density at radius 1 is 1.17 bits per heavy atom. The summed E-state index contributed by atoms with van der Waals surface area (Å²) in [5.74, 6) is 0.288. The number of nitrogens with zero attached hydrogens (tertiary/aromatic N) is 3. The van der Waals surface area contributed by atoms with E-state index in [0.717, 1.165) is 19.6 Å². The van der Waals surface area contributed by atoms with Gasteiger partial charge in [0.05, 0.1) is 11.6 Å². The first-order chi connectivity index (χ1) is 14.0. The van der Waals surface area contributed by atoms with E-state index in [2.05, 4.69) is 29.2 Å². The summed E-state index contributed by atoms with van der Waals surface area (Å²) in [7, 11) is 4.14. The molecule has 2 aromatic rings. The molecule has 0 unspecified atom stereocenters. The van der Waals surface area contributed by atoms with Gasteiger partial charge in [-0.1, -0.05) is 29.8 Å². The van der Waals surface area contributed by atoms with Gasteiger partial charge in [-0.15, -0.1) is 0 Å². The van der Waals surface area contributed by atoms with Crippen molar-refractivity contribution in [1.82, 2.24) is 19.7 Å². The second-order valence-corrected chi connectivity index (χ2v) is 7.69. The number of carbonyl (C=O) groups excluding carboxylic acids is 1. The molecule has 1 aromatic heterocycles. The van der Waals surface area contributed by atoms with Crippen molar-refractivity contribution in [3.63, 3.8) is 0 Å². The zero-order valence-electron chi connectivity index (χ0n) is 16.8. The molecule has 0 aliphatic carbocycles.